The van der Waals surface area contributed by atoms with Gasteiger partial charge in [-0.15, -0.1) is 0 Å². The van der Waals surface area contributed by atoms with Crippen molar-refractivity contribution in [1.29, 1.82) is 0 Å². The van der Waals surface area contributed by atoms with Crippen LogP contribution in [0.2, 0.25) is 0 Å². The molecular formula is C17H34N2. The van der Waals surface area contributed by atoms with Gasteiger partial charge in [-0.2, -0.15) is 0 Å². The summed E-state index contributed by atoms with van der Waals surface area (Å²) >= 11 is 0. The molecule has 2 rings (SSSR count). The van der Waals surface area contributed by atoms with Crippen LogP contribution in [0.4, 0.5) is 0 Å². The van der Waals surface area contributed by atoms with Crippen molar-refractivity contribution in [3.05, 3.63) is 0 Å². The van der Waals surface area contributed by atoms with Gasteiger partial charge in [0.2, 0.25) is 0 Å². The summed E-state index contributed by atoms with van der Waals surface area (Å²) in [5.41, 5.74) is 7.17. The quantitative estimate of drug-likeness (QED) is 0.838. The summed E-state index contributed by atoms with van der Waals surface area (Å²) in [6.45, 7) is 2.36. The van der Waals surface area contributed by atoms with Gasteiger partial charge in [-0.3, -0.25) is 0 Å². The van der Waals surface area contributed by atoms with E-state index in [1.807, 2.05) is 0 Å². The summed E-state index contributed by atoms with van der Waals surface area (Å²) in [5.74, 6) is 1.64. The zero-order chi connectivity index (χ0) is 13.9. The van der Waals surface area contributed by atoms with Gasteiger partial charge in [0.05, 0.1) is 0 Å². The first kappa shape index (κ1) is 15.3. The van der Waals surface area contributed by atoms with Gasteiger partial charge < -0.3 is 10.6 Å². The minimum absolute atomic E-state index is 0.285. The van der Waals surface area contributed by atoms with Gasteiger partial charge in [0.25, 0.3) is 0 Å². The molecule has 0 aromatic rings. The molecule has 2 aliphatic rings. The van der Waals surface area contributed by atoms with Crippen LogP contribution in [-0.2, 0) is 0 Å². The molecule has 2 fully saturated rings. The molecule has 3 atom stereocenters. The molecule has 0 aromatic carbocycles. The summed E-state index contributed by atoms with van der Waals surface area (Å²) in [7, 11) is 4.52. The molecule has 0 heterocycles. The van der Waals surface area contributed by atoms with Crippen LogP contribution in [0, 0.1) is 11.8 Å². The Bertz CT molecular complexity index is 268. The highest BCUT2D eigenvalue weighted by atomic mass is 15.2. The van der Waals surface area contributed by atoms with Gasteiger partial charge in [0.15, 0.2) is 0 Å². The van der Waals surface area contributed by atoms with Crippen LogP contribution in [-0.4, -0.2) is 30.6 Å². The fourth-order valence-electron chi connectivity index (χ4n) is 4.86. The molecule has 2 N–H and O–H groups in total. The van der Waals surface area contributed by atoms with Gasteiger partial charge in [0.1, 0.15) is 0 Å². The lowest BCUT2D eigenvalue weighted by atomic mass is 9.64. The summed E-state index contributed by atoms with van der Waals surface area (Å²) in [4.78, 5) is 2.47. The molecule has 2 aliphatic carbocycles. The normalized spacial score (nSPS) is 33.3. The van der Waals surface area contributed by atoms with Crippen molar-refractivity contribution in [3.63, 3.8) is 0 Å². The Morgan fingerprint density at radius 3 is 2.26 bits per heavy atom. The van der Waals surface area contributed by atoms with Crippen LogP contribution >= 0.6 is 0 Å². The van der Waals surface area contributed by atoms with E-state index in [4.69, 9.17) is 5.73 Å². The van der Waals surface area contributed by atoms with E-state index in [1.165, 1.54) is 64.2 Å². The highest BCUT2D eigenvalue weighted by Gasteiger charge is 2.45. The lowest BCUT2D eigenvalue weighted by Crippen LogP contribution is -2.62. The second-order valence-corrected chi connectivity index (χ2v) is 7.20. The van der Waals surface area contributed by atoms with Crippen molar-refractivity contribution < 1.29 is 0 Å². The van der Waals surface area contributed by atoms with Gasteiger partial charge in [-0.25, -0.2) is 0 Å². The topological polar surface area (TPSA) is 29.3 Å². The van der Waals surface area contributed by atoms with Crippen LogP contribution in [0.25, 0.3) is 0 Å². The third-order valence-corrected chi connectivity index (χ3v) is 6.18. The first-order valence-corrected chi connectivity index (χ1v) is 8.55. The third-order valence-electron chi connectivity index (χ3n) is 6.18. The minimum atomic E-state index is 0.285. The monoisotopic (exact) mass is 266 g/mol. The maximum atomic E-state index is 6.88. The predicted octanol–water partition coefficient (Wildman–Crippen LogP) is 3.79. The Hall–Kier alpha value is -0.0800. The van der Waals surface area contributed by atoms with Gasteiger partial charge in [0, 0.05) is 11.6 Å². The van der Waals surface area contributed by atoms with Crippen LogP contribution in [0.5, 0.6) is 0 Å². The predicted molar refractivity (Wildman–Crippen MR) is 83.2 cm³/mol. The number of nitrogens with two attached hydrogens (primary N) is 1. The number of hydrogen-bond acceptors (Lipinski definition) is 2. The van der Waals surface area contributed by atoms with Crippen LogP contribution in [0.3, 0.4) is 0 Å². The molecule has 0 amide bonds. The minimum Gasteiger partial charge on any atom is -0.326 e. The van der Waals surface area contributed by atoms with Gasteiger partial charge >= 0.3 is 0 Å². The SMILES string of the molecule is CCC1CCCCC1C(N)C1(N(C)C)CCCCC1. The summed E-state index contributed by atoms with van der Waals surface area (Å²) in [6, 6.07) is 0.382. The molecular weight excluding hydrogens is 232 g/mol. The van der Waals surface area contributed by atoms with Gasteiger partial charge in [-0.05, 0) is 45.2 Å². The highest BCUT2D eigenvalue weighted by molar-refractivity contribution is 5.03. The van der Waals surface area contributed by atoms with E-state index in [0.717, 1.165) is 11.8 Å². The number of nitrogens with zero attached hydrogens (tertiary/aromatic N) is 1. The van der Waals surface area contributed by atoms with Gasteiger partial charge in [-0.1, -0.05) is 51.9 Å². The molecule has 112 valence electrons. The summed E-state index contributed by atoms with van der Waals surface area (Å²) < 4.78 is 0. The number of hydrogen-bond donors (Lipinski definition) is 1. The average molecular weight is 266 g/mol. The molecule has 0 saturated heterocycles. The molecule has 3 unspecified atom stereocenters. The van der Waals surface area contributed by atoms with E-state index < -0.39 is 0 Å². The van der Waals surface area contributed by atoms with Crippen LogP contribution in [0.1, 0.15) is 71.1 Å². The highest BCUT2D eigenvalue weighted by Crippen LogP contribution is 2.43. The number of likely N-dealkylation sites (N-methyl/N-ethyl adjacent to an activating group) is 1. The van der Waals surface area contributed by atoms with Crippen molar-refractivity contribution in [2.75, 3.05) is 14.1 Å². The molecule has 2 heteroatoms. The zero-order valence-corrected chi connectivity index (χ0v) is 13.3. The van der Waals surface area contributed by atoms with Crippen molar-refractivity contribution >= 4 is 0 Å². The molecule has 0 aromatic heterocycles. The Kier molecular flexibility index (Phi) is 5.30. The summed E-state index contributed by atoms with van der Waals surface area (Å²) in [6.07, 6.45) is 13.7. The van der Waals surface area contributed by atoms with E-state index in [0.29, 0.717) is 6.04 Å². The maximum absolute atomic E-state index is 6.88. The van der Waals surface area contributed by atoms with Crippen molar-refractivity contribution in [3.8, 4) is 0 Å². The average Bonchev–Trinajstić information content (AvgIpc) is 2.47. The molecule has 19 heavy (non-hydrogen) atoms. The smallest absolute Gasteiger partial charge is 0.0357 e. The first-order valence-electron chi connectivity index (χ1n) is 8.55. The van der Waals surface area contributed by atoms with Crippen LogP contribution in [0.15, 0.2) is 0 Å². The molecule has 0 aliphatic heterocycles. The van der Waals surface area contributed by atoms with E-state index in [9.17, 15) is 0 Å². The fourth-order valence-corrected chi connectivity index (χ4v) is 4.86. The second kappa shape index (κ2) is 6.58. The van der Waals surface area contributed by atoms with Crippen molar-refractivity contribution in [2.24, 2.45) is 17.6 Å². The lowest BCUT2D eigenvalue weighted by molar-refractivity contribution is 0.0237. The summed E-state index contributed by atoms with van der Waals surface area (Å²) in [5, 5.41) is 0. The Balaban J connectivity index is 2.15. The van der Waals surface area contributed by atoms with E-state index in [2.05, 4.69) is 25.9 Å². The Labute approximate surface area is 120 Å². The molecule has 2 nitrogen and oxygen atoms in total. The van der Waals surface area contributed by atoms with Crippen LogP contribution < -0.4 is 5.73 Å². The fraction of sp³-hybridized carbons (Fsp3) is 1.00. The zero-order valence-electron chi connectivity index (χ0n) is 13.3. The lowest BCUT2D eigenvalue weighted by Gasteiger charge is -2.52. The van der Waals surface area contributed by atoms with E-state index in [-0.39, 0.29) is 5.54 Å². The maximum Gasteiger partial charge on any atom is 0.0357 e. The Morgan fingerprint density at radius 2 is 1.68 bits per heavy atom. The largest absolute Gasteiger partial charge is 0.326 e. The van der Waals surface area contributed by atoms with Crippen molar-refractivity contribution in [1.82, 2.24) is 4.90 Å². The first-order chi connectivity index (χ1) is 9.12. The molecule has 0 bridgehead atoms. The Morgan fingerprint density at radius 1 is 1.05 bits per heavy atom. The molecule has 0 spiro atoms. The van der Waals surface area contributed by atoms with Crippen molar-refractivity contribution in [2.45, 2.75) is 82.7 Å². The second-order valence-electron chi connectivity index (χ2n) is 7.20. The molecule has 2 saturated carbocycles. The van der Waals surface area contributed by atoms with E-state index >= 15 is 0 Å². The molecule has 0 radical (unpaired) electrons. The number of rotatable bonds is 4. The standard InChI is InChI=1S/C17H34N2/c1-4-14-10-6-7-11-15(14)16(18)17(19(2)3)12-8-5-9-13-17/h14-16H,4-13,18H2,1-3H3. The van der Waals surface area contributed by atoms with E-state index in [1.54, 1.807) is 0 Å². The third kappa shape index (κ3) is 3.00.